The molecular weight excluding hydrogens is 168 g/mol. The smallest absolute Gasteiger partial charge is 0.317 e. The molecule has 2 N–H and O–H groups in total. The summed E-state index contributed by atoms with van der Waals surface area (Å²) in [5.41, 5.74) is 3.20. The molecule has 0 aliphatic carbocycles. The second kappa shape index (κ2) is 2.76. The van der Waals surface area contributed by atoms with Crippen LogP contribution in [0.5, 0.6) is 0 Å². The van der Waals surface area contributed by atoms with Crippen molar-refractivity contribution in [2.24, 2.45) is 0 Å². The number of amides is 2. The molecule has 70 valence electrons. The van der Waals surface area contributed by atoms with E-state index in [4.69, 9.17) is 0 Å². The van der Waals surface area contributed by atoms with E-state index < -0.39 is 0 Å². The predicted molar refractivity (Wildman–Crippen MR) is 47.0 cm³/mol. The first-order valence-corrected chi connectivity index (χ1v) is 4.21. The maximum atomic E-state index is 11.3. The molecule has 13 heavy (non-hydrogen) atoms. The third kappa shape index (κ3) is 1.16. The van der Waals surface area contributed by atoms with Crippen LogP contribution in [-0.4, -0.2) is 28.2 Å². The molecule has 0 saturated carbocycles. The van der Waals surface area contributed by atoms with Crippen LogP contribution >= 0.6 is 0 Å². The molecule has 1 aromatic heterocycles. The SMILES string of the molecule is CNC(=O)N1Cc2[nH]nc(C)c2C1. The minimum absolute atomic E-state index is 0.0380. The quantitative estimate of drug-likeness (QED) is 0.606. The Morgan fingerprint density at radius 1 is 1.62 bits per heavy atom. The first-order valence-electron chi connectivity index (χ1n) is 4.21. The van der Waals surface area contributed by atoms with Crippen molar-refractivity contribution in [1.29, 1.82) is 0 Å². The van der Waals surface area contributed by atoms with Gasteiger partial charge in [0.2, 0.25) is 0 Å². The van der Waals surface area contributed by atoms with Gasteiger partial charge in [-0.15, -0.1) is 0 Å². The zero-order chi connectivity index (χ0) is 9.42. The van der Waals surface area contributed by atoms with Crippen molar-refractivity contribution in [1.82, 2.24) is 20.4 Å². The van der Waals surface area contributed by atoms with Crippen molar-refractivity contribution in [3.8, 4) is 0 Å². The topological polar surface area (TPSA) is 61.0 Å². The number of rotatable bonds is 0. The fourth-order valence-corrected chi connectivity index (χ4v) is 1.58. The first kappa shape index (κ1) is 8.10. The number of aryl methyl sites for hydroxylation is 1. The van der Waals surface area contributed by atoms with E-state index in [1.807, 2.05) is 6.92 Å². The summed E-state index contributed by atoms with van der Waals surface area (Å²) in [7, 11) is 1.64. The number of hydrogen-bond donors (Lipinski definition) is 2. The van der Waals surface area contributed by atoms with Crippen LogP contribution in [0.3, 0.4) is 0 Å². The molecule has 5 heteroatoms. The van der Waals surface area contributed by atoms with Gasteiger partial charge in [-0.1, -0.05) is 0 Å². The number of aromatic nitrogens is 2. The largest absolute Gasteiger partial charge is 0.341 e. The lowest BCUT2D eigenvalue weighted by Gasteiger charge is -2.14. The van der Waals surface area contributed by atoms with Crippen LogP contribution in [0.25, 0.3) is 0 Å². The lowest BCUT2D eigenvalue weighted by molar-refractivity contribution is 0.200. The number of fused-ring (bicyclic) bond motifs is 1. The highest BCUT2D eigenvalue weighted by molar-refractivity contribution is 5.74. The third-order valence-electron chi connectivity index (χ3n) is 2.36. The summed E-state index contributed by atoms with van der Waals surface area (Å²) in [6, 6.07) is -0.0380. The maximum Gasteiger partial charge on any atom is 0.317 e. The van der Waals surface area contributed by atoms with Gasteiger partial charge in [-0.25, -0.2) is 4.79 Å². The van der Waals surface area contributed by atoms with Crippen LogP contribution in [-0.2, 0) is 13.1 Å². The monoisotopic (exact) mass is 180 g/mol. The van der Waals surface area contributed by atoms with Crippen LogP contribution in [0.2, 0.25) is 0 Å². The van der Waals surface area contributed by atoms with E-state index in [9.17, 15) is 4.79 Å². The van der Waals surface area contributed by atoms with Gasteiger partial charge in [-0.3, -0.25) is 5.10 Å². The number of H-pyrrole nitrogens is 1. The van der Waals surface area contributed by atoms with Gasteiger partial charge < -0.3 is 10.2 Å². The third-order valence-corrected chi connectivity index (χ3v) is 2.36. The van der Waals surface area contributed by atoms with Crippen LogP contribution in [0.1, 0.15) is 17.0 Å². The standard InChI is InChI=1S/C8H12N4O/c1-5-6-3-12(8(13)9-2)4-7(6)11-10-5/h3-4H2,1-2H3,(H,9,13)(H,10,11). The molecule has 2 rings (SSSR count). The Morgan fingerprint density at radius 3 is 3.00 bits per heavy atom. The molecule has 0 bridgehead atoms. The van der Waals surface area contributed by atoms with Gasteiger partial charge in [0, 0.05) is 12.6 Å². The molecule has 0 spiro atoms. The Labute approximate surface area is 76.1 Å². The highest BCUT2D eigenvalue weighted by atomic mass is 16.2. The van der Waals surface area contributed by atoms with E-state index >= 15 is 0 Å². The molecule has 0 aromatic carbocycles. The number of aromatic amines is 1. The fourth-order valence-electron chi connectivity index (χ4n) is 1.58. The second-order valence-electron chi connectivity index (χ2n) is 3.18. The summed E-state index contributed by atoms with van der Waals surface area (Å²) < 4.78 is 0. The number of urea groups is 1. The zero-order valence-corrected chi connectivity index (χ0v) is 7.72. The molecule has 1 aliphatic heterocycles. The van der Waals surface area contributed by atoms with Crippen molar-refractivity contribution in [3.05, 3.63) is 17.0 Å². The Bertz CT molecular complexity index is 344. The molecule has 0 atom stereocenters. The van der Waals surface area contributed by atoms with Crippen molar-refractivity contribution < 1.29 is 4.79 Å². The molecule has 0 fully saturated rings. The van der Waals surface area contributed by atoms with Crippen LogP contribution in [0, 0.1) is 6.92 Å². The van der Waals surface area contributed by atoms with E-state index in [-0.39, 0.29) is 6.03 Å². The second-order valence-corrected chi connectivity index (χ2v) is 3.18. The Hall–Kier alpha value is -1.52. The summed E-state index contributed by atoms with van der Waals surface area (Å²) >= 11 is 0. The lowest BCUT2D eigenvalue weighted by atomic mass is 10.2. The van der Waals surface area contributed by atoms with E-state index in [1.165, 1.54) is 0 Å². The highest BCUT2D eigenvalue weighted by Gasteiger charge is 2.25. The van der Waals surface area contributed by atoms with Gasteiger partial charge >= 0.3 is 6.03 Å². The molecule has 1 aliphatic rings. The average Bonchev–Trinajstić information content (AvgIpc) is 2.67. The predicted octanol–water partition coefficient (Wildman–Crippen LogP) is 0.373. The molecule has 0 saturated heterocycles. The van der Waals surface area contributed by atoms with Crippen molar-refractivity contribution in [2.45, 2.75) is 20.0 Å². The summed E-state index contributed by atoms with van der Waals surface area (Å²) in [5.74, 6) is 0. The number of nitrogens with one attached hydrogen (secondary N) is 2. The van der Waals surface area contributed by atoms with E-state index in [1.54, 1.807) is 11.9 Å². The van der Waals surface area contributed by atoms with Crippen LogP contribution < -0.4 is 5.32 Å². The molecule has 2 heterocycles. The highest BCUT2D eigenvalue weighted by Crippen LogP contribution is 2.22. The Kier molecular flexibility index (Phi) is 1.72. The molecule has 0 unspecified atom stereocenters. The van der Waals surface area contributed by atoms with Crippen molar-refractivity contribution >= 4 is 6.03 Å². The van der Waals surface area contributed by atoms with Gasteiger partial charge in [0.15, 0.2) is 0 Å². The molecule has 1 aromatic rings. The molecular formula is C8H12N4O. The van der Waals surface area contributed by atoms with Crippen LogP contribution in [0.4, 0.5) is 4.79 Å². The molecule has 0 radical (unpaired) electrons. The van der Waals surface area contributed by atoms with Gasteiger partial charge in [0.05, 0.1) is 24.5 Å². The number of carbonyl (C=O) groups is 1. The maximum absolute atomic E-state index is 11.3. The van der Waals surface area contributed by atoms with Gasteiger partial charge in [0.1, 0.15) is 0 Å². The number of carbonyl (C=O) groups excluding carboxylic acids is 1. The van der Waals surface area contributed by atoms with E-state index in [0.29, 0.717) is 13.1 Å². The van der Waals surface area contributed by atoms with Gasteiger partial charge in [0.25, 0.3) is 0 Å². The number of hydrogen-bond acceptors (Lipinski definition) is 2. The van der Waals surface area contributed by atoms with Crippen molar-refractivity contribution in [3.63, 3.8) is 0 Å². The first-order chi connectivity index (χ1) is 6.22. The van der Waals surface area contributed by atoms with E-state index in [2.05, 4.69) is 15.5 Å². The van der Waals surface area contributed by atoms with Gasteiger partial charge in [-0.2, -0.15) is 5.10 Å². The summed E-state index contributed by atoms with van der Waals surface area (Å²) in [4.78, 5) is 13.0. The Morgan fingerprint density at radius 2 is 2.38 bits per heavy atom. The lowest BCUT2D eigenvalue weighted by Crippen LogP contribution is -2.34. The van der Waals surface area contributed by atoms with E-state index in [0.717, 1.165) is 17.0 Å². The fraction of sp³-hybridized carbons (Fsp3) is 0.500. The minimum Gasteiger partial charge on any atom is -0.341 e. The average molecular weight is 180 g/mol. The molecule has 2 amide bonds. The minimum atomic E-state index is -0.0380. The van der Waals surface area contributed by atoms with Crippen molar-refractivity contribution in [2.75, 3.05) is 7.05 Å². The molecule has 5 nitrogen and oxygen atoms in total. The van der Waals surface area contributed by atoms with Crippen LogP contribution in [0.15, 0.2) is 0 Å². The summed E-state index contributed by atoms with van der Waals surface area (Å²) in [5, 5.41) is 9.60. The van der Waals surface area contributed by atoms with Gasteiger partial charge in [-0.05, 0) is 6.92 Å². The summed E-state index contributed by atoms with van der Waals surface area (Å²) in [6.07, 6.45) is 0. The number of nitrogens with zero attached hydrogens (tertiary/aromatic N) is 2. The Balaban J connectivity index is 2.18. The zero-order valence-electron chi connectivity index (χ0n) is 7.72. The summed E-state index contributed by atoms with van der Waals surface area (Å²) in [6.45, 7) is 3.25. The normalized spacial score (nSPS) is 14.5.